The van der Waals surface area contributed by atoms with E-state index in [0.29, 0.717) is 10.6 Å². The molecule has 1 aromatic carbocycles. The number of benzene rings is 1. The number of carbonyl (C=O) groups excluding carboxylic acids is 1. The Morgan fingerprint density at radius 2 is 2.23 bits per heavy atom. The summed E-state index contributed by atoms with van der Waals surface area (Å²) in [6.45, 7) is 1.96. The molecule has 0 unspecified atom stereocenters. The molecular weight excluding hydrogens is 186 g/mol. The van der Waals surface area contributed by atoms with E-state index in [1.807, 2.05) is 19.2 Å². The minimum absolute atomic E-state index is 0.534. The second kappa shape index (κ2) is 2.89. The number of halogens is 1. The maximum absolute atomic E-state index is 10.6. The Balaban J connectivity index is 2.91. The molecular formula is C10H8ClNO. The molecule has 0 saturated carbocycles. The van der Waals surface area contributed by atoms with Crippen molar-refractivity contribution in [3.8, 4) is 0 Å². The van der Waals surface area contributed by atoms with Crippen LogP contribution in [0.15, 0.2) is 18.3 Å². The third kappa shape index (κ3) is 1.14. The van der Waals surface area contributed by atoms with E-state index in [4.69, 9.17) is 11.6 Å². The van der Waals surface area contributed by atoms with Crippen molar-refractivity contribution >= 4 is 28.8 Å². The van der Waals surface area contributed by atoms with Gasteiger partial charge in [0.1, 0.15) is 0 Å². The first-order valence-electron chi connectivity index (χ1n) is 3.95. The Hall–Kier alpha value is -1.28. The molecule has 2 aromatic rings. The van der Waals surface area contributed by atoms with E-state index >= 15 is 0 Å². The van der Waals surface area contributed by atoms with Gasteiger partial charge in [-0.1, -0.05) is 11.6 Å². The highest BCUT2D eigenvalue weighted by atomic mass is 35.5. The average molecular weight is 194 g/mol. The number of nitrogens with one attached hydrogen (secondary N) is 1. The molecule has 0 bridgehead atoms. The predicted molar refractivity (Wildman–Crippen MR) is 53.4 cm³/mol. The predicted octanol–water partition coefficient (Wildman–Crippen LogP) is 2.94. The van der Waals surface area contributed by atoms with E-state index in [9.17, 15) is 4.79 Å². The molecule has 1 aromatic heterocycles. The molecule has 2 nitrogen and oxygen atoms in total. The fraction of sp³-hybridized carbons (Fsp3) is 0.100. The standard InChI is InChI=1S/C10H8ClNO/c1-6-4-12-8-3-2-7(5-13)10(11)9(6)8/h2-5,12H,1H3. The first kappa shape index (κ1) is 8.32. The fourth-order valence-corrected chi connectivity index (χ4v) is 1.81. The third-order valence-corrected chi connectivity index (χ3v) is 2.54. The van der Waals surface area contributed by atoms with Crippen LogP contribution in [0.2, 0.25) is 5.02 Å². The Morgan fingerprint density at radius 3 is 2.92 bits per heavy atom. The normalized spacial score (nSPS) is 10.6. The van der Waals surface area contributed by atoms with Crippen molar-refractivity contribution in [2.24, 2.45) is 0 Å². The maximum Gasteiger partial charge on any atom is 0.151 e. The van der Waals surface area contributed by atoms with Crippen molar-refractivity contribution < 1.29 is 4.79 Å². The van der Waals surface area contributed by atoms with Crippen molar-refractivity contribution in [3.63, 3.8) is 0 Å². The number of H-pyrrole nitrogens is 1. The Morgan fingerprint density at radius 1 is 1.46 bits per heavy atom. The van der Waals surface area contributed by atoms with E-state index < -0.39 is 0 Å². The van der Waals surface area contributed by atoms with Crippen LogP contribution < -0.4 is 0 Å². The summed E-state index contributed by atoms with van der Waals surface area (Å²) >= 11 is 6.04. The number of hydrogen-bond acceptors (Lipinski definition) is 1. The summed E-state index contributed by atoms with van der Waals surface area (Å²) in [4.78, 5) is 13.7. The van der Waals surface area contributed by atoms with Gasteiger partial charge < -0.3 is 4.98 Å². The van der Waals surface area contributed by atoms with Gasteiger partial charge in [0, 0.05) is 22.7 Å². The van der Waals surface area contributed by atoms with Gasteiger partial charge >= 0.3 is 0 Å². The van der Waals surface area contributed by atoms with Crippen LogP contribution in [-0.2, 0) is 0 Å². The number of carbonyl (C=O) groups is 1. The highest BCUT2D eigenvalue weighted by molar-refractivity contribution is 6.38. The summed E-state index contributed by atoms with van der Waals surface area (Å²) in [7, 11) is 0. The number of aryl methyl sites for hydroxylation is 1. The van der Waals surface area contributed by atoms with Crippen molar-refractivity contribution in [2.75, 3.05) is 0 Å². The van der Waals surface area contributed by atoms with Crippen LogP contribution >= 0.6 is 11.6 Å². The molecule has 1 heterocycles. The Bertz CT molecular complexity index is 473. The minimum Gasteiger partial charge on any atom is -0.361 e. The van der Waals surface area contributed by atoms with Crippen LogP contribution in [0, 0.1) is 6.92 Å². The first-order chi connectivity index (χ1) is 6.24. The van der Waals surface area contributed by atoms with Gasteiger partial charge in [0.2, 0.25) is 0 Å². The second-order valence-corrected chi connectivity index (χ2v) is 3.36. The highest BCUT2D eigenvalue weighted by Gasteiger charge is 2.07. The maximum atomic E-state index is 10.6. The number of aldehydes is 1. The van der Waals surface area contributed by atoms with Crippen molar-refractivity contribution in [1.82, 2.24) is 4.98 Å². The molecule has 0 saturated heterocycles. The zero-order chi connectivity index (χ0) is 9.42. The SMILES string of the molecule is Cc1c[nH]c2ccc(C=O)c(Cl)c12. The van der Waals surface area contributed by atoms with Gasteiger partial charge in [-0.3, -0.25) is 4.79 Å². The largest absolute Gasteiger partial charge is 0.361 e. The molecule has 0 aliphatic rings. The van der Waals surface area contributed by atoms with Gasteiger partial charge in [-0.15, -0.1) is 0 Å². The molecule has 0 atom stereocenters. The van der Waals surface area contributed by atoms with Crippen LogP contribution in [0.3, 0.4) is 0 Å². The van der Waals surface area contributed by atoms with Crippen molar-refractivity contribution in [2.45, 2.75) is 6.92 Å². The van der Waals surface area contributed by atoms with E-state index in [2.05, 4.69) is 4.98 Å². The van der Waals surface area contributed by atoms with Gasteiger partial charge in [0.25, 0.3) is 0 Å². The van der Waals surface area contributed by atoms with E-state index in [1.54, 1.807) is 6.07 Å². The highest BCUT2D eigenvalue weighted by Crippen LogP contribution is 2.28. The lowest BCUT2D eigenvalue weighted by molar-refractivity contribution is 0.112. The third-order valence-electron chi connectivity index (χ3n) is 2.14. The van der Waals surface area contributed by atoms with E-state index in [1.165, 1.54) is 0 Å². The summed E-state index contributed by atoms with van der Waals surface area (Å²) in [6, 6.07) is 3.57. The monoisotopic (exact) mass is 193 g/mol. The average Bonchev–Trinajstić information content (AvgIpc) is 2.49. The van der Waals surface area contributed by atoms with Gasteiger partial charge in [0.05, 0.1) is 5.02 Å². The number of hydrogen-bond donors (Lipinski definition) is 1. The number of rotatable bonds is 1. The second-order valence-electron chi connectivity index (χ2n) is 2.98. The lowest BCUT2D eigenvalue weighted by atomic mass is 10.1. The van der Waals surface area contributed by atoms with Crippen LogP contribution in [0.4, 0.5) is 0 Å². The smallest absolute Gasteiger partial charge is 0.151 e. The zero-order valence-corrected chi connectivity index (χ0v) is 7.85. The number of aromatic nitrogens is 1. The first-order valence-corrected chi connectivity index (χ1v) is 4.33. The summed E-state index contributed by atoms with van der Waals surface area (Å²) in [5, 5.41) is 1.47. The van der Waals surface area contributed by atoms with Gasteiger partial charge in [-0.25, -0.2) is 0 Å². The lowest BCUT2D eigenvalue weighted by Gasteiger charge is -1.98. The molecule has 0 aliphatic carbocycles. The fourth-order valence-electron chi connectivity index (χ4n) is 1.45. The Kier molecular flexibility index (Phi) is 1.85. The van der Waals surface area contributed by atoms with Crippen molar-refractivity contribution in [1.29, 1.82) is 0 Å². The van der Waals surface area contributed by atoms with Crippen LogP contribution in [0.1, 0.15) is 15.9 Å². The van der Waals surface area contributed by atoms with Gasteiger partial charge in [0.15, 0.2) is 6.29 Å². The van der Waals surface area contributed by atoms with Crippen LogP contribution in [0.25, 0.3) is 10.9 Å². The minimum atomic E-state index is 0.534. The summed E-state index contributed by atoms with van der Waals surface area (Å²) in [6.07, 6.45) is 2.65. The number of aromatic amines is 1. The lowest BCUT2D eigenvalue weighted by Crippen LogP contribution is -1.82. The molecule has 0 aliphatic heterocycles. The quantitative estimate of drug-likeness (QED) is 0.694. The van der Waals surface area contributed by atoms with Gasteiger partial charge in [-0.05, 0) is 24.6 Å². The molecule has 66 valence electrons. The zero-order valence-electron chi connectivity index (χ0n) is 7.10. The molecule has 2 rings (SSSR count). The van der Waals surface area contributed by atoms with E-state index in [0.717, 1.165) is 22.8 Å². The molecule has 0 amide bonds. The molecule has 13 heavy (non-hydrogen) atoms. The molecule has 3 heteroatoms. The molecule has 0 spiro atoms. The van der Waals surface area contributed by atoms with Gasteiger partial charge in [-0.2, -0.15) is 0 Å². The van der Waals surface area contributed by atoms with Crippen LogP contribution in [-0.4, -0.2) is 11.3 Å². The molecule has 0 radical (unpaired) electrons. The van der Waals surface area contributed by atoms with E-state index in [-0.39, 0.29) is 0 Å². The summed E-state index contributed by atoms with van der Waals surface area (Å²) in [5.41, 5.74) is 2.56. The molecule has 1 N–H and O–H groups in total. The topological polar surface area (TPSA) is 32.9 Å². The Labute approximate surface area is 80.5 Å². The molecule has 0 fully saturated rings. The number of fused-ring (bicyclic) bond motifs is 1. The van der Waals surface area contributed by atoms with Crippen molar-refractivity contribution in [3.05, 3.63) is 34.5 Å². The summed E-state index contributed by atoms with van der Waals surface area (Å²) < 4.78 is 0. The summed E-state index contributed by atoms with van der Waals surface area (Å²) in [5.74, 6) is 0. The van der Waals surface area contributed by atoms with Crippen LogP contribution in [0.5, 0.6) is 0 Å².